The van der Waals surface area contributed by atoms with E-state index in [1.807, 2.05) is 0 Å². The minimum absolute atomic E-state index is 0.227. The van der Waals surface area contributed by atoms with Crippen molar-refractivity contribution in [3.63, 3.8) is 0 Å². The molecule has 0 bridgehead atoms. The quantitative estimate of drug-likeness (QED) is 0.911. The molecule has 0 spiro atoms. The molecule has 0 aliphatic heterocycles. The number of halogens is 2. The summed E-state index contributed by atoms with van der Waals surface area (Å²) in [6, 6.07) is 4.49. The predicted molar refractivity (Wildman–Crippen MR) is 61.3 cm³/mol. The average Bonchev–Trinajstić information content (AvgIpc) is 2.34. The first-order valence-corrected chi connectivity index (χ1v) is 5.29. The van der Waals surface area contributed by atoms with Crippen LogP contribution in [0.3, 0.4) is 0 Å². The summed E-state index contributed by atoms with van der Waals surface area (Å²) in [5.74, 6) is -1.23. The molecule has 3 nitrogen and oxygen atoms in total. The Labute approximate surface area is 103 Å². The van der Waals surface area contributed by atoms with Crippen LogP contribution in [0.15, 0.2) is 30.5 Å². The first-order chi connectivity index (χ1) is 8.60. The second kappa shape index (κ2) is 5.10. The van der Waals surface area contributed by atoms with Gasteiger partial charge in [-0.15, -0.1) is 0 Å². The Morgan fingerprint density at radius 3 is 2.72 bits per heavy atom. The van der Waals surface area contributed by atoms with Crippen molar-refractivity contribution in [1.82, 2.24) is 4.98 Å². The summed E-state index contributed by atoms with van der Waals surface area (Å²) in [6.45, 7) is 1.44. The lowest BCUT2D eigenvalue weighted by molar-refractivity contribution is 0.275. The van der Waals surface area contributed by atoms with Gasteiger partial charge in [0.1, 0.15) is 11.6 Å². The lowest BCUT2D eigenvalue weighted by Gasteiger charge is -2.10. The van der Waals surface area contributed by atoms with Gasteiger partial charge in [-0.3, -0.25) is 4.98 Å². The average molecular weight is 251 g/mol. The second-order valence-corrected chi connectivity index (χ2v) is 3.77. The largest absolute Gasteiger partial charge is 0.454 e. The highest BCUT2D eigenvalue weighted by Gasteiger charge is 2.10. The molecular weight excluding hydrogens is 240 g/mol. The number of nitrogens with zero attached hydrogens (tertiary/aromatic N) is 1. The number of aliphatic hydroxyl groups excluding tert-OH is 1. The van der Waals surface area contributed by atoms with Gasteiger partial charge in [-0.2, -0.15) is 0 Å². The molecule has 94 valence electrons. The SMILES string of the molecule is Cc1cc(Oc2cc(F)ccc2F)c(CO)cn1. The predicted octanol–water partition coefficient (Wildman–Crippen LogP) is 2.95. The number of aryl methyl sites for hydroxylation is 1. The molecule has 0 saturated heterocycles. The first kappa shape index (κ1) is 12.4. The van der Waals surface area contributed by atoms with Crippen LogP contribution in [-0.4, -0.2) is 10.1 Å². The normalized spacial score (nSPS) is 10.4. The highest BCUT2D eigenvalue weighted by atomic mass is 19.1. The molecule has 2 rings (SSSR count). The van der Waals surface area contributed by atoms with E-state index in [0.717, 1.165) is 18.2 Å². The van der Waals surface area contributed by atoms with Gasteiger partial charge in [0.2, 0.25) is 0 Å². The van der Waals surface area contributed by atoms with Gasteiger partial charge in [0.15, 0.2) is 11.6 Å². The molecule has 1 aromatic heterocycles. The maximum atomic E-state index is 13.4. The van der Waals surface area contributed by atoms with E-state index in [2.05, 4.69) is 4.98 Å². The van der Waals surface area contributed by atoms with Crippen LogP contribution in [-0.2, 0) is 6.61 Å². The molecule has 0 amide bonds. The fourth-order valence-corrected chi connectivity index (χ4v) is 1.45. The van der Waals surface area contributed by atoms with E-state index in [0.29, 0.717) is 11.3 Å². The lowest BCUT2D eigenvalue weighted by atomic mass is 10.2. The molecule has 0 atom stereocenters. The van der Waals surface area contributed by atoms with Gasteiger partial charge < -0.3 is 9.84 Å². The number of rotatable bonds is 3. The van der Waals surface area contributed by atoms with Gasteiger partial charge >= 0.3 is 0 Å². The first-order valence-electron chi connectivity index (χ1n) is 5.29. The number of aliphatic hydroxyl groups is 1. The Bertz CT molecular complexity index is 573. The van der Waals surface area contributed by atoms with Crippen molar-refractivity contribution in [2.24, 2.45) is 0 Å². The summed E-state index contributed by atoms with van der Waals surface area (Å²) >= 11 is 0. The van der Waals surface area contributed by atoms with Gasteiger partial charge in [-0.25, -0.2) is 8.78 Å². The van der Waals surface area contributed by atoms with Gasteiger partial charge in [0.25, 0.3) is 0 Å². The summed E-state index contributed by atoms with van der Waals surface area (Å²) < 4.78 is 31.7. The molecule has 1 heterocycles. The van der Waals surface area contributed by atoms with E-state index in [1.165, 1.54) is 6.20 Å². The van der Waals surface area contributed by atoms with Gasteiger partial charge in [0, 0.05) is 29.6 Å². The van der Waals surface area contributed by atoms with Crippen LogP contribution >= 0.6 is 0 Å². The number of aromatic nitrogens is 1. The number of hydrogen-bond acceptors (Lipinski definition) is 3. The fourth-order valence-electron chi connectivity index (χ4n) is 1.45. The van der Waals surface area contributed by atoms with Crippen LogP contribution in [0.2, 0.25) is 0 Å². The number of ether oxygens (including phenoxy) is 1. The number of pyridine rings is 1. The van der Waals surface area contributed by atoms with E-state index in [1.54, 1.807) is 13.0 Å². The number of benzene rings is 1. The van der Waals surface area contributed by atoms with Crippen molar-refractivity contribution in [1.29, 1.82) is 0 Å². The van der Waals surface area contributed by atoms with Crippen LogP contribution < -0.4 is 4.74 Å². The molecule has 0 saturated carbocycles. The highest BCUT2D eigenvalue weighted by molar-refractivity contribution is 5.37. The van der Waals surface area contributed by atoms with Crippen LogP contribution in [0.25, 0.3) is 0 Å². The van der Waals surface area contributed by atoms with Crippen molar-refractivity contribution in [2.75, 3.05) is 0 Å². The van der Waals surface area contributed by atoms with Gasteiger partial charge in [0.05, 0.1) is 6.61 Å². The lowest BCUT2D eigenvalue weighted by Crippen LogP contribution is -1.96. The maximum absolute atomic E-state index is 13.4. The highest BCUT2D eigenvalue weighted by Crippen LogP contribution is 2.28. The van der Waals surface area contributed by atoms with E-state index in [9.17, 15) is 8.78 Å². The van der Waals surface area contributed by atoms with Crippen molar-refractivity contribution >= 4 is 0 Å². The monoisotopic (exact) mass is 251 g/mol. The van der Waals surface area contributed by atoms with E-state index in [4.69, 9.17) is 9.84 Å². The van der Waals surface area contributed by atoms with Crippen LogP contribution in [0.4, 0.5) is 8.78 Å². The van der Waals surface area contributed by atoms with Crippen LogP contribution in [0, 0.1) is 18.6 Å². The molecular formula is C13H11F2NO2. The fraction of sp³-hybridized carbons (Fsp3) is 0.154. The van der Waals surface area contributed by atoms with Gasteiger partial charge in [-0.05, 0) is 19.1 Å². The van der Waals surface area contributed by atoms with Crippen LogP contribution in [0.5, 0.6) is 11.5 Å². The number of hydrogen-bond donors (Lipinski definition) is 1. The van der Waals surface area contributed by atoms with E-state index >= 15 is 0 Å². The summed E-state index contributed by atoms with van der Waals surface area (Å²) in [6.07, 6.45) is 1.43. The third-order valence-corrected chi connectivity index (χ3v) is 2.36. The topological polar surface area (TPSA) is 42.4 Å². The molecule has 1 aromatic carbocycles. The third kappa shape index (κ3) is 2.62. The summed E-state index contributed by atoms with van der Waals surface area (Å²) in [4.78, 5) is 3.98. The molecule has 0 aliphatic carbocycles. The van der Waals surface area contributed by atoms with Crippen LogP contribution in [0.1, 0.15) is 11.3 Å². The Hall–Kier alpha value is -2.01. The van der Waals surface area contributed by atoms with E-state index in [-0.39, 0.29) is 18.1 Å². The molecule has 1 N–H and O–H groups in total. The molecule has 0 aliphatic rings. The maximum Gasteiger partial charge on any atom is 0.165 e. The molecule has 2 aromatic rings. The smallest absolute Gasteiger partial charge is 0.165 e. The molecule has 0 fully saturated rings. The minimum atomic E-state index is -0.672. The van der Waals surface area contributed by atoms with Crippen molar-refractivity contribution in [2.45, 2.75) is 13.5 Å². The zero-order chi connectivity index (χ0) is 13.1. The minimum Gasteiger partial charge on any atom is -0.454 e. The second-order valence-electron chi connectivity index (χ2n) is 3.77. The third-order valence-electron chi connectivity index (χ3n) is 2.36. The Morgan fingerprint density at radius 2 is 2.00 bits per heavy atom. The summed E-state index contributed by atoms with van der Waals surface area (Å²) in [5.41, 5.74) is 1.06. The van der Waals surface area contributed by atoms with Crippen molar-refractivity contribution in [3.05, 3.63) is 53.4 Å². The zero-order valence-electron chi connectivity index (χ0n) is 9.65. The van der Waals surface area contributed by atoms with Gasteiger partial charge in [-0.1, -0.05) is 0 Å². The van der Waals surface area contributed by atoms with Crippen molar-refractivity contribution < 1.29 is 18.6 Å². The molecule has 18 heavy (non-hydrogen) atoms. The molecule has 5 heteroatoms. The molecule has 0 radical (unpaired) electrons. The summed E-state index contributed by atoms with van der Waals surface area (Å²) in [5, 5.41) is 9.12. The van der Waals surface area contributed by atoms with Crippen molar-refractivity contribution in [3.8, 4) is 11.5 Å². The zero-order valence-corrected chi connectivity index (χ0v) is 9.65. The Balaban J connectivity index is 2.38. The summed E-state index contributed by atoms with van der Waals surface area (Å²) in [7, 11) is 0. The van der Waals surface area contributed by atoms with E-state index < -0.39 is 11.6 Å². The standard InChI is InChI=1S/C13H11F2NO2/c1-8-4-12(9(7-17)6-16-8)18-13-5-10(14)2-3-11(13)15/h2-6,17H,7H2,1H3. The Kier molecular flexibility index (Phi) is 3.53. The Morgan fingerprint density at radius 1 is 1.22 bits per heavy atom. The molecule has 0 unspecified atom stereocenters.